The van der Waals surface area contributed by atoms with Crippen molar-refractivity contribution in [1.82, 2.24) is 10.6 Å². The molecule has 0 bridgehead atoms. The molecular weight excluding hydrogens is 456 g/mol. The van der Waals surface area contributed by atoms with Gasteiger partial charge in [-0.05, 0) is 69.2 Å². The normalized spacial score (nSPS) is 21.2. The molecule has 8 nitrogen and oxygen atoms in total. The van der Waals surface area contributed by atoms with Gasteiger partial charge in [-0.25, -0.2) is 0 Å². The van der Waals surface area contributed by atoms with Gasteiger partial charge in [-0.3, -0.25) is 19.2 Å². The highest BCUT2D eigenvalue weighted by Crippen LogP contribution is 2.32. The fraction of sp³-hybridized carbons (Fsp3) is 0.429. The van der Waals surface area contributed by atoms with Crippen molar-refractivity contribution in [3.63, 3.8) is 0 Å². The summed E-state index contributed by atoms with van der Waals surface area (Å²) in [6.45, 7) is 0. The Balaban J connectivity index is 1.21. The fourth-order valence-electron chi connectivity index (χ4n) is 4.70. The zero-order valence-corrected chi connectivity index (χ0v) is 20.2. The lowest BCUT2D eigenvalue weighted by atomic mass is 9.80. The molecular formula is C28H32N4O4. The Morgan fingerprint density at radius 1 is 0.583 bits per heavy atom. The van der Waals surface area contributed by atoms with Gasteiger partial charge >= 0.3 is 0 Å². The average molecular weight is 489 g/mol. The molecule has 188 valence electrons. The lowest BCUT2D eigenvalue weighted by Crippen LogP contribution is -2.34. The number of carbonyl (C=O) groups is 4. The minimum atomic E-state index is -0.331. The van der Waals surface area contributed by atoms with Crippen LogP contribution in [0.25, 0.3) is 0 Å². The highest BCUT2D eigenvalue weighted by molar-refractivity contribution is 6.05. The summed E-state index contributed by atoms with van der Waals surface area (Å²) in [6.07, 6.45) is 6.50. The lowest BCUT2D eigenvalue weighted by molar-refractivity contribution is -0.124. The molecule has 5 rings (SSSR count). The monoisotopic (exact) mass is 488 g/mol. The number of hydrogen-bond acceptors (Lipinski definition) is 4. The molecule has 3 fully saturated rings. The summed E-state index contributed by atoms with van der Waals surface area (Å²) in [5.41, 5.74) is 1.87. The summed E-state index contributed by atoms with van der Waals surface area (Å²) in [7, 11) is 0. The zero-order chi connectivity index (χ0) is 25.1. The van der Waals surface area contributed by atoms with Crippen molar-refractivity contribution in [3.05, 3.63) is 59.7 Å². The van der Waals surface area contributed by atoms with E-state index in [1.165, 1.54) is 0 Å². The van der Waals surface area contributed by atoms with E-state index in [1.54, 1.807) is 48.5 Å². The van der Waals surface area contributed by atoms with Crippen LogP contribution < -0.4 is 21.3 Å². The molecule has 2 aromatic carbocycles. The summed E-state index contributed by atoms with van der Waals surface area (Å²) < 4.78 is 0. The highest BCUT2D eigenvalue weighted by Gasteiger charge is 2.33. The van der Waals surface area contributed by atoms with Gasteiger partial charge < -0.3 is 21.3 Å². The van der Waals surface area contributed by atoms with Crippen LogP contribution in [0.4, 0.5) is 11.4 Å². The number of anilines is 2. The Morgan fingerprint density at radius 3 is 1.42 bits per heavy atom. The molecule has 2 aromatic rings. The van der Waals surface area contributed by atoms with Crippen LogP contribution in [0.5, 0.6) is 0 Å². The van der Waals surface area contributed by atoms with E-state index in [0.29, 0.717) is 41.8 Å². The van der Waals surface area contributed by atoms with Gasteiger partial charge in [0.05, 0.1) is 22.5 Å². The SMILES string of the molecule is O=C(NC1CC1)c1ccccc1NC(=O)C1CCCC(C(=O)Nc2ccccc2C(=O)NC2CC2)C1. The standard InChI is InChI=1S/C28H32N4O4/c33-25(31-23-10-3-1-8-21(23)27(35)29-19-12-13-19)17-6-5-7-18(16-17)26(34)32-24-11-4-2-9-22(24)28(36)30-20-14-15-20/h1-4,8-11,17-20H,5-7,12-16H2,(H,29,35)(H,30,36)(H,31,33)(H,32,34). The van der Waals surface area contributed by atoms with Gasteiger partial charge in [-0.1, -0.05) is 30.7 Å². The summed E-state index contributed by atoms with van der Waals surface area (Å²) in [5, 5.41) is 11.8. The molecule has 0 aromatic heterocycles. The molecule has 3 aliphatic rings. The van der Waals surface area contributed by atoms with Gasteiger partial charge in [-0.15, -0.1) is 0 Å². The molecule has 0 aliphatic heterocycles. The fourth-order valence-corrected chi connectivity index (χ4v) is 4.70. The minimum Gasteiger partial charge on any atom is -0.349 e. The van der Waals surface area contributed by atoms with Crippen molar-refractivity contribution in [2.24, 2.45) is 11.8 Å². The van der Waals surface area contributed by atoms with Crippen molar-refractivity contribution < 1.29 is 19.2 Å². The Labute approximate surface area is 210 Å². The van der Waals surface area contributed by atoms with Crippen LogP contribution in [-0.2, 0) is 9.59 Å². The van der Waals surface area contributed by atoms with E-state index in [4.69, 9.17) is 0 Å². The van der Waals surface area contributed by atoms with Gasteiger partial charge in [0, 0.05) is 23.9 Å². The van der Waals surface area contributed by atoms with Crippen LogP contribution in [-0.4, -0.2) is 35.7 Å². The number of rotatable bonds is 8. The van der Waals surface area contributed by atoms with Crippen LogP contribution in [0.3, 0.4) is 0 Å². The van der Waals surface area contributed by atoms with Gasteiger partial charge in [-0.2, -0.15) is 0 Å². The first-order valence-electron chi connectivity index (χ1n) is 12.9. The van der Waals surface area contributed by atoms with Gasteiger partial charge in [0.15, 0.2) is 0 Å². The molecule has 4 amide bonds. The van der Waals surface area contributed by atoms with Crippen LogP contribution in [0.1, 0.15) is 72.1 Å². The van der Waals surface area contributed by atoms with Crippen LogP contribution in [0.2, 0.25) is 0 Å². The maximum absolute atomic E-state index is 13.1. The van der Waals surface area contributed by atoms with Crippen molar-refractivity contribution >= 4 is 35.0 Å². The topological polar surface area (TPSA) is 116 Å². The number of nitrogens with one attached hydrogen (secondary N) is 4. The molecule has 0 heterocycles. The van der Waals surface area contributed by atoms with E-state index in [-0.39, 0.29) is 47.5 Å². The zero-order valence-electron chi connectivity index (χ0n) is 20.2. The molecule has 3 saturated carbocycles. The second-order valence-corrected chi connectivity index (χ2v) is 10.1. The van der Waals surface area contributed by atoms with E-state index >= 15 is 0 Å². The molecule has 2 unspecified atom stereocenters. The summed E-state index contributed by atoms with van der Waals surface area (Å²) in [5.74, 6) is -1.38. The van der Waals surface area contributed by atoms with Crippen LogP contribution in [0.15, 0.2) is 48.5 Å². The average Bonchev–Trinajstić information content (AvgIpc) is 3.82. The Hall–Kier alpha value is -3.68. The van der Waals surface area contributed by atoms with Crippen molar-refractivity contribution in [2.45, 2.75) is 63.5 Å². The first-order chi connectivity index (χ1) is 17.5. The summed E-state index contributed by atoms with van der Waals surface area (Å²) in [4.78, 5) is 51.4. The Kier molecular flexibility index (Phi) is 7.02. The molecule has 0 spiro atoms. The maximum atomic E-state index is 13.1. The first kappa shape index (κ1) is 24.0. The molecule has 36 heavy (non-hydrogen) atoms. The maximum Gasteiger partial charge on any atom is 0.253 e. The van der Waals surface area contributed by atoms with Gasteiger partial charge in [0.1, 0.15) is 0 Å². The number of amides is 4. The van der Waals surface area contributed by atoms with E-state index in [2.05, 4.69) is 21.3 Å². The van der Waals surface area contributed by atoms with Gasteiger partial charge in [0.2, 0.25) is 11.8 Å². The number of carbonyl (C=O) groups excluding carboxylic acids is 4. The lowest BCUT2D eigenvalue weighted by Gasteiger charge is -2.28. The van der Waals surface area contributed by atoms with Gasteiger partial charge in [0.25, 0.3) is 11.8 Å². The Morgan fingerprint density at radius 2 is 1.00 bits per heavy atom. The van der Waals surface area contributed by atoms with E-state index in [9.17, 15) is 19.2 Å². The minimum absolute atomic E-state index is 0.177. The summed E-state index contributed by atoms with van der Waals surface area (Å²) in [6, 6.07) is 14.5. The molecule has 0 saturated heterocycles. The predicted octanol–water partition coefficient (Wildman–Crippen LogP) is 3.85. The third kappa shape index (κ3) is 5.93. The smallest absolute Gasteiger partial charge is 0.253 e. The number of benzene rings is 2. The molecule has 4 N–H and O–H groups in total. The molecule has 2 atom stereocenters. The van der Waals surface area contributed by atoms with E-state index in [1.807, 2.05) is 0 Å². The molecule has 0 radical (unpaired) electrons. The van der Waals surface area contributed by atoms with E-state index in [0.717, 1.165) is 32.1 Å². The van der Waals surface area contributed by atoms with E-state index < -0.39 is 0 Å². The van der Waals surface area contributed by atoms with Crippen LogP contribution >= 0.6 is 0 Å². The molecule has 3 aliphatic carbocycles. The third-order valence-electron chi connectivity index (χ3n) is 7.10. The molecule has 8 heteroatoms. The largest absolute Gasteiger partial charge is 0.349 e. The summed E-state index contributed by atoms with van der Waals surface area (Å²) >= 11 is 0. The third-order valence-corrected chi connectivity index (χ3v) is 7.10. The number of para-hydroxylation sites is 2. The highest BCUT2D eigenvalue weighted by atomic mass is 16.2. The van der Waals surface area contributed by atoms with Crippen molar-refractivity contribution in [1.29, 1.82) is 0 Å². The van der Waals surface area contributed by atoms with Crippen molar-refractivity contribution in [2.75, 3.05) is 10.6 Å². The van der Waals surface area contributed by atoms with Crippen molar-refractivity contribution in [3.8, 4) is 0 Å². The first-order valence-corrected chi connectivity index (χ1v) is 12.9. The second-order valence-electron chi connectivity index (χ2n) is 10.1. The van der Waals surface area contributed by atoms with Crippen LogP contribution in [0, 0.1) is 11.8 Å². The predicted molar refractivity (Wildman–Crippen MR) is 137 cm³/mol. The second kappa shape index (κ2) is 10.5. The Bertz CT molecular complexity index is 1080. The number of hydrogen-bond donors (Lipinski definition) is 4. The quantitative estimate of drug-likeness (QED) is 0.452.